The predicted molar refractivity (Wildman–Crippen MR) is 81.4 cm³/mol. The van der Waals surface area contributed by atoms with Gasteiger partial charge in [0.25, 0.3) is 0 Å². The van der Waals surface area contributed by atoms with Crippen LogP contribution in [0.3, 0.4) is 0 Å². The summed E-state index contributed by atoms with van der Waals surface area (Å²) in [5.41, 5.74) is 6.76. The van der Waals surface area contributed by atoms with Crippen LogP contribution in [-0.4, -0.2) is 17.0 Å². The van der Waals surface area contributed by atoms with E-state index in [1.807, 2.05) is 13.8 Å². The molecule has 1 aromatic carbocycles. The smallest absolute Gasteiger partial charge is 0.314 e. The largest absolute Gasteiger partial charge is 0.481 e. The highest BCUT2D eigenvalue weighted by molar-refractivity contribution is 5.93. The molecule has 1 aliphatic rings. The SMILES string of the molecule is CC(C)c1cc(C(N)=O)ccc1C1(C(=O)O)CCCCC1. The van der Waals surface area contributed by atoms with Gasteiger partial charge < -0.3 is 10.8 Å². The van der Waals surface area contributed by atoms with Crippen LogP contribution in [-0.2, 0) is 10.2 Å². The molecular formula is C17H23NO3. The number of carboxylic acid groups (broad SMARTS) is 1. The van der Waals surface area contributed by atoms with E-state index < -0.39 is 17.3 Å². The lowest BCUT2D eigenvalue weighted by Gasteiger charge is -2.36. The van der Waals surface area contributed by atoms with Crippen molar-refractivity contribution in [2.24, 2.45) is 5.73 Å². The Morgan fingerprint density at radius 3 is 2.29 bits per heavy atom. The average Bonchev–Trinajstić information content (AvgIpc) is 2.47. The summed E-state index contributed by atoms with van der Waals surface area (Å²) in [6.07, 6.45) is 4.28. The molecule has 1 fully saturated rings. The highest BCUT2D eigenvalue weighted by Crippen LogP contribution is 2.43. The summed E-state index contributed by atoms with van der Waals surface area (Å²) in [5, 5.41) is 9.84. The minimum Gasteiger partial charge on any atom is -0.481 e. The Bertz CT molecular complexity index is 557. The molecule has 0 aromatic heterocycles. The fraction of sp³-hybridized carbons (Fsp3) is 0.529. The number of carboxylic acids is 1. The monoisotopic (exact) mass is 289 g/mol. The molecule has 4 heteroatoms. The summed E-state index contributed by atoms with van der Waals surface area (Å²) in [5.74, 6) is -1.08. The lowest BCUT2D eigenvalue weighted by atomic mass is 9.67. The summed E-state index contributed by atoms with van der Waals surface area (Å²) in [4.78, 5) is 23.4. The number of benzene rings is 1. The van der Waals surface area contributed by atoms with Gasteiger partial charge in [0.15, 0.2) is 0 Å². The molecule has 21 heavy (non-hydrogen) atoms. The molecule has 0 atom stereocenters. The third-order valence-electron chi connectivity index (χ3n) is 4.59. The van der Waals surface area contributed by atoms with Gasteiger partial charge in [-0.3, -0.25) is 9.59 Å². The van der Waals surface area contributed by atoms with Crippen LogP contribution in [0.5, 0.6) is 0 Å². The van der Waals surface area contributed by atoms with Crippen LogP contribution in [0.2, 0.25) is 0 Å². The first-order valence-corrected chi connectivity index (χ1v) is 7.56. The lowest BCUT2D eigenvalue weighted by Crippen LogP contribution is -2.39. The van der Waals surface area contributed by atoms with Crippen molar-refractivity contribution in [1.82, 2.24) is 0 Å². The van der Waals surface area contributed by atoms with Gasteiger partial charge in [-0.2, -0.15) is 0 Å². The fourth-order valence-corrected chi connectivity index (χ4v) is 3.38. The molecule has 0 aliphatic heterocycles. The molecule has 1 amide bonds. The zero-order chi connectivity index (χ0) is 15.6. The van der Waals surface area contributed by atoms with Crippen molar-refractivity contribution >= 4 is 11.9 Å². The number of aliphatic carboxylic acids is 1. The normalized spacial score (nSPS) is 17.7. The van der Waals surface area contributed by atoms with Gasteiger partial charge in [0, 0.05) is 5.56 Å². The van der Waals surface area contributed by atoms with Crippen LogP contribution < -0.4 is 5.73 Å². The highest BCUT2D eigenvalue weighted by Gasteiger charge is 2.42. The minimum absolute atomic E-state index is 0.150. The Morgan fingerprint density at radius 1 is 1.19 bits per heavy atom. The number of hydrogen-bond donors (Lipinski definition) is 2. The van der Waals surface area contributed by atoms with Gasteiger partial charge in [0.2, 0.25) is 5.91 Å². The third-order valence-corrected chi connectivity index (χ3v) is 4.59. The molecule has 1 saturated carbocycles. The number of hydrogen-bond acceptors (Lipinski definition) is 2. The van der Waals surface area contributed by atoms with E-state index in [-0.39, 0.29) is 5.92 Å². The van der Waals surface area contributed by atoms with E-state index in [0.29, 0.717) is 18.4 Å². The first-order chi connectivity index (χ1) is 9.88. The molecule has 0 bridgehead atoms. The Labute approximate surface area is 125 Å². The molecule has 0 radical (unpaired) electrons. The molecule has 1 aliphatic carbocycles. The van der Waals surface area contributed by atoms with Crippen LogP contribution in [0.4, 0.5) is 0 Å². The molecule has 0 saturated heterocycles. The second-order valence-electron chi connectivity index (χ2n) is 6.27. The minimum atomic E-state index is -0.811. The van der Waals surface area contributed by atoms with Crippen molar-refractivity contribution in [1.29, 1.82) is 0 Å². The van der Waals surface area contributed by atoms with Crippen LogP contribution in [0.25, 0.3) is 0 Å². The number of primary amides is 1. The van der Waals surface area contributed by atoms with Crippen LogP contribution >= 0.6 is 0 Å². The van der Waals surface area contributed by atoms with Crippen LogP contribution in [0.15, 0.2) is 18.2 Å². The van der Waals surface area contributed by atoms with Crippen molar-refractivity contribution in [3.63, 3.8) is 0 Å². The second-order valence-corrected chi connectivity index (χ2v) is 6.27. The van der Waals surface area contributed by atoms with Crippen molar-refractivity contribution < 1.29 is 14.7 Å². The molecular weight excluding hydrogens is 266 g/mol. The standard InChI is InChI=1S/C17H23NO3/c1-11(2)13-10-12(15(18)19)6-7-14(13)17(16(20)21)8-4-3-5-9-17/h6-7,10-11H,3-5,8-9H2,1-2H3,(H2,18,19)(H,20,21). The Morgan fingerprint density at radius 2 is 1.81 bits per heavy atom. The third kappa shape index (κ3) is 2.80. The molecule has 0 heterocycles. The topological polar surface area (TPSA) is 80.4 Å². The van der Waals surface area contributed by atoms with E-state index in [1.54, 1.807) is 18.2 Å². The molecule has 114 valence electrons. The zero-order valence-electron chi connectivity index (χ0n) is 12.7. The second kappa shape index (κ2) is 5.88. The van der Waals surface area contributed by atoms with Gasteiger partial charge in [-0.25, -0.2) is 0 Å². The van der Waals surface area contributed by atoms with Crippen LogP contribution in [0.1, 0.15) is 73.4 Å². The summed E-state index contributed by atoms with van der Waals surface area (Å²) >= 11 is 0. The summed E-state index contributed by atoms with van der Waals surface area (Å²) in [7, 11) is 0. The van der Waals surface area contributed by atoms with E-state index in [0.717, 1.165) is 30.4 Å². The summed E-state index contributed by atoms with van der Waals surface area (Å²) in [6, 6.07) is 5.22. The van der Waals surface area contributed by atoms with Gasteiger partial charge in [0.05, 0.1) is 5.41 Å². The average molecular weight is 289 g/mol. The number of amides is 1. The van der Waals surface area contributed by atoms with Gasteiger partial charge in [0.1, 0.15) is 0 Å². The number of carbonyl (C=O) groups excluding carboxylic acids is 1. The first-order valence-electron chi connectivity index (χ1n) is 7.56. The number of carbonyl (C=O) groups is 2. The van der Waals surface area contributed by atoms with E-state index in [1.165, 1.54) is 0 Å². The van der Waals surface area contributed by atoms with Crippen LogP contribution in [0, 0.1) is 0 Å². The zero-order valence-corrected chi connectivity index (χ0v) is 12.7. The van der Waals surface area contributed by atoms with Crippen molar-refractivity contribution in [3.05, 3.63) is 34.9 Å². The summed E-state index contributed by atoms with van der Waals surface area (Å²) < 4.78 is 0. The lowest BCUT2D eigenvalue weighted by molar-refractivity contribution is -0.145. The quantitative estimate of drug-likeness (QED) is 0.893. The Balaban J connectivity index is 2.59. The van der Waals surface area contributed by atoms with E-state index in [9.17, 15) is 14.7 Å². The van der Waals surface area contributed by atoms with Gasteiger partial charge in [-0.05, 0) is 42.0 Å². The predicted octanol–water partition coefficient (Wildman–Crippen LogP) is 3.20. The maximum absolute atomic E-state index is 12.0. The van der Waals surface area contributed by atoms with Gasteiger partial charge in [-0.15, -0.1) is 0 Å². The number of nitrogens with two attached hydrogens (primary N) is 1. The molecule has 3 N–H and O–H groups in total. The molecule has 0 spiro atoms. The Hall–Kier alpha value is -1.84. The maximum atomic E-state index is 12.0. The number of rotatable bonds is 4. The van der Waals surface area contributed by atoms with E-state index >= 15 is 0 Å². The Kier molecular flexibility index (Phi) is 4.35. The first kappa shape index (κ1) is 15.5. The van der Waals surface area contributed by atoms with Gasteiger partial charge >= 0.3 is 5.97 Å². The molecule has 1 aromatic rings. The van der Waals surface area contributed by atoms with Gasteiger partial charge in [-0.1, -0.05) is 39.2 Å². The highest BCUT2D eigenvalue weighted by atomic mass is 16.4. The molecule has 4 nitrogen and oxygen atoms in total. The maximum Gasteiger partial charge on any atom is 0.314 e. The summed E-state index contributed by atoms with van der Waals surface area (Å²) in [6.45, 7) is 4.03. The molecule has 2 rings (SSSR count). The molecule has 0 unspecified atom stereocenters. The van der Waals surface area contributed by atoms with Crippen molar-refractivity contribution in [2.45, 2.75) is 57.3 Å². The van der Waals surface area contributed by atoms with E-state index in [4.69, 9.17) is 5.73 Å². The van der Waals surface area contributed by atoms with E-state index in [2.05, 4.69) is 0 Å². The van der Waals surface area contributed by atoms with Crippen molar-refractivity contribution in [2.75, 3.05) is 0 Å². The van der Waals surface area contributed by atoms with Crippen molar-refractivity contribution in [3.8, 4) is 0 Å². The fourth-order valence-electron chi connectivity index (χ4n) is 3.38.